The molecule has 0 spiro atoms. The lowest BCUT2D eigenvalue weighted by Gasteiger charge is -2.41. The summed E-state index contributed by atoms with van der Waals surface area (Å²) in [5.41, 5.74) is -0.438. The number of aromatic nitrogens is 1. The topological polar surface area (TPSA) is 74.7 Å². The molecule has 1 aromatic carbocycles. The van der Waals surface area contributed by atoms with Gasteiger partial charge < -0.3 is 15.2 Å². The summed E-state index contributed by atoms with van der Waals surface area (Å²) >= 11 is 0. The number of nitrogens with zero attached hydrogens (tertiary/aromatic N) is 2. The van der Waals surface area contributed by atoms with Crippen LogP contribution < -0.4 is 5.32 Å². The molecule has 2 aromatic rings. The largest absolute Gasteiger partial charge is 0.393 e. The minimum atomic E-state index is -0.925. The fraction of sp³-hybridized carbons (Fsp3) is 0.368. The Kier molecular flexibility index (Phi) is 5.92. The molecule has 26 heavy (non-hydrogen) atoms. The molecule has 1 amide bonds. The van der Waals surface area contributed by atoms with E-state index in [0.29, 0.717) is 31.1 Å². The predicted octanol–water partition coefficient (Wildman–Crippen LogP) is 1.47. The Morgan fingerprint density at radius 3 is 2.85 bits per heavy atom. The summed E-state index contributed by atoms with van der Waals surface area (Å²) in [4.78, 5) is 18.2. The third-order valence-corrected chi connectivity index (χ3v) is 4.39. The van der Waals surface area contributed by atoms with Crippen LogP contribution in [-0.2, 0) is 16.0 Å². The monoisotopic (exact) mass is 359 g/mol. The normalized spacial score (nSPS) is 20.7. The Bertz CT molecular complexity index is 744. The van der Waals surface area contributed by atoms with Crippen molar-refractivity contribution in [2.75, 3.05) is 38.2 Å². The number of hydrogen-bond acceptors (Lipinski definition) is 5. The van der Waals surface area contributed by atoms with Crippen LogP contribution >= 0.6 is 0 Å². The van der Waals surface area contributed by atoms with E-state index in [9.17, 15) is 14.3 Å². The predicted molar refractivity (Wildman–Crippen MR) is 95.2 cm³/mol. The van der Waals surface area contributed by atoms with Gasteiger partial charge in [0.25, 0.3) is 0 Å². The molecule has 1 fully saturated rings. The van der Waals surface area contributed by atoms with Gasteiger partial charge in [-0.1, -0.05) is 24.3 Å². The highest BCUT2D eigenvalue weighted by molar-refractivity contribution is 5.91. The molecular weight excluding hydrogens is 337 g/mol. The van der Waals surface area contributed by atoms with Crippen LogP contribution in [0.4, 0.5) is 10.2 Å². The number of carbonyl (C=O) groups is 1. The van der Waals surface area contributed by atoms with Gasteiger partial charge in [-0.25, -0.2) is 9.37 Å². The number of pyridine rings is 1. The Labute approximate surface area is 151 Å². The number of halogens is 1. The quantitative estimate of drug-likeness (QED) is 0.817. The second-order valence-electron chi connectivity index (χ2n) is 6.43. The van der Waals surface area contributed by atoms with Crippen molar-refractivity contribution in [1.29, 1.82) is 0 Å². The molecule has 0 saturated carbocycles. The number of carbonyl (C=O) groups excluding carboxylic acids is 1. The van der Waals surface area contributed by atoms with Crippen LogP contribution in [-0.4, -0.2) is 59.3 Å². The molecule has 7 heteroatoms. The van der Waals surface area contributed by atoms with Crippen molar-refractivity contribution in [1.82, 2.24) is 9.88 Å². The molecule has 2 heterocycles. The van der Waals surface area contributed by atoms with E-state index in [1.165, 1.54) is 6.07 Å². The zero-order valence-electron chi connectivity index (χ0n) is 14.4. The number of ether oxygens (including phenoxy) is 1. The van der Waals surface area contributed by atoms with E-state index in [4.69, 9.17) is 4.74 Å². The first-order chi connectivity index (χ1) is 12.6. The van der Waals surface area contributed by atoms with Gasteiger partial charge in [0.05, 0.1) is 19.8 Å². The van der Waals surface area contributed by atoms with E-state index >= 15 is 0 Å². The molecular formula is C19H22FN3O3. The Hall–Kier alpha value is -2.35. The van der Waals surface area contributed by atoms with Crippen molar-refractivity contribution >= 4 is 11.7 Å². The standard InChI is InChI=1S/C19H22FN3O3/c20-16-6-2-1-5-15(16)11-19(14-24)13-23(9-10-26-19)12-18(25)22-17-7-3-4-8-21-17/h1-8,24H,9-14H2,(H,21,22,25)/t19-/m0/s1. The van der Waals surface area contributed by atoms with Crippen LogP contribution in [0.15, 0.2) is 48.7 Å². The van der Waals surface area contributed by atoms with Crippen LogP contribution in [0.3, 0.4) is 0 Å². The van der Waals surface area contributed by atoms with Gasteiger partial charge in [-0.2, -0.15) is 0 Å². The van der Waals surface area contributed by atoms with Crippen molar-refractivity contribution < 1.29 is 19.0 Å². The molecule has 138 valence electrons. The lowest BCUT2D eigenvalue weighted by atomic mass is 9.92. The van der Waals surface area contributed by atoms with Gasteiger partial charge in [-0.05, 0) is 23.8 Å². The molecule has 1 aliphatic heterocycles. The van der Waals surface area contributed by atoms with E-state index in [2.05, 4.69) is 10.3 Å². The highest BCUT2D eigenvalue weighted by Crippen LogP contribution is 2.24. The third-order valence-electron chi connectivity index (χ3n) is 4.39. The molecule has 6 nitrogen and oxygen atoms in total. The molecule has 0 bridgehead atoms. The molecule has 0 unspecified atom stereocenters. The van der Waals surface area contributed by atoms with Crippen molar-refractivity contribution in [3.63, 3.8) is 0 Å². The van der Waals surface area contributed by atoms with Gasteiger partial charge in [0, 0.05) is 25.7 Å². The second-order valence-corrected chi connectivity index (χ2v) is 6.43. The van der Waals surface area contributed by atoms with Crippen molar-refractivity contribution in [2.24, 2.45) is 0 Å². The van der Waals surface area contributed by atoms with Gasteiger partial charge in [0.1, 0.15) is 17.2 Å². The zero-order chi connectivity index (χ0) is 18.4. The van der Waals surface area contributed by atoms with E-state index in [-0.39, 0.29) is 31.3 Å². The van der Waals surface area contributed by atoms with Gasteiger partial charge in [-0.15, -0.1) is 0 Å². The summed E-state index contributed by atoms with van der Waals surface area (Å²) in [5.74, 6) is -0.0252. The number of aliphatic hydroxyl groups is 1. The number of morpholine rings is 1. The first-order valence-corrected chi connectivity index (χ1v) is 8.52. The van der Waals surface area contributed by atoms with Gasteiger partial charge in [0.2, 0.25) is 5.91 Å². The van der Waals surface area contributed by atoms with E-state index in [1.54, 1.807) is 42.6 Å². The second kappa shape index (κ2) is 8.35. The van der Waals surface area contributed by atoms with Crippen molar-refractivity contribution in [3.05, 3.63) is 60.0 Å². The maximum absolute atomic E-state index is 14.0. The lowest BCUT2D eigenvalue weighted by molar-refractivity contribution is -0.139. The highest BCUT2D eigenvalue weighted by atomic mass is 19.1. The van der Waals surface area contributed by atoms with E-state index in [1.807, 2.05) is 4.90 Å². The Morgan fingerprint density at radius 1 is 1.31 bits per heavy atom. The van der Waals surface area contributed by atoms with E-state index < -0.39 is 5.60 Å². The SMILES string of the molecule is O=C(CN1CCO[C@@](CO)(Cc2ccccc2F)C1)Nc1ccccn1. The molecule has 0 radical (unpaired) electrons. The maximum atomic E-state index is 14.0. The fourth-order valence-electron chi connectivity index (χ4n) is 3.13. The number of benzene rings is 1. The summed E-state index contributed by atoms with van der Waals surface area (Å²) in [6.07, 6.45) is 1.85. The van der Waals surface area contributed by atoms with Crippen LogP contribution in [0.2, 0.25) is 0 Å². The average Bonchev–Trinajstić information content (AvgIpc) is 2.65. The third kappa shape index (κ3) is 4.63. The lowest BCUT2D eigenvalue weighted by Crippen LogP contribution is -2.56. The Morgan fingerprint density at radius 2 is 2.12 bits per heavy atom. The van der Waals surface area contributed by atoms with Crippen molar-refractivity contribution in [2.45, 2.75) is 12.0 Å². The van der Waals surface area contributed by atoms with Crippen molar-refractivity contribution in [3.8, 4) is 0 Å². The van der Waals surface area contributed by atoms with Crippen LogP contribution in [0.25, 0.3) is 0 Å². The summed E-state index contributed by atoms with van der Waals surface area (Å²) in [7, 11) is 0. The van der Waals surface area contributed by atoms with Gasteiger partial charge in [-0.3, -0.25) is 9.69 Å². The van der Waals surface area contributed by atoms with Gasteiger partial charge in [0.15, 0.2) is 0 Å². The number of anilines is 1. The molecule has 0 aliphatic carbocycles. The molecule has 3 rings (SSSR count). The van der Waals surface area contributed by atoms with Gasteiger partial charge >= 0.3 is 0 Å². The number of hydrogen-bond donors (Lipinski definition) is 2. The molecule has 1 saturated heterocycles. The zero-order valence-corrected chi connectivity index (χ0v) is 14.4. The molecule has 2 N–H and O–H groups in total. The van der Waals surface area contributed by atoms with Crippen LogP contribution in [0.1, 0.15) is 5.56 Å². The number of amides is 1. The maximum Gasteiger partial charge on any atom is 0.239 e. The average molecular weight is 359 g/mol. The number of rotatable bonds is 6. The molecule has 1 aliphatic rings. The minimum Gasteiger partial charge on any atom is -0.393 e. The first kappa shape index (κ1) is 18.4. The minimum absolute atomic E-state index is 0.152. The summed E-state index contributed by atoms with van der Waals surface area (Å²) in [6.45, 7) is 1.17. The highest BCUT2D eigenvalue weighted by Gasteiger charge is 2.37. The van der Waals surface area contributed by atoms with E-state index in [0.717, 1.165) is 0 Å². The van der Waals surface area contributed by atoms with Crippen LogP contribution in [0.5, 0.6) is 0 Å². The summed E-state index contributed by atoms with van der Waals surface area (Å²) in [6, 6.07) is 11.7. The Balaban J connectivity index is 1.63. The molecule has 1 atom stereocenters. The number of aliphatic hydroxyl groups excluding tert-OH is 1. The first-order valence-electron chi connectivity index (χ1n) is 8.52. The molecule has 1 aromatic heterocycles. The van der Waals surface area contributed by atoms with Crippen LogP contribution in [0, 0.1) is 5.82 Å². The number of nitrogens with one attached hydrogen (secondary N) is 1. The smallest absolute Gasteiger partial charge is 0.239 e. The summed E-state index contributed by atoms with van der Waals surface area (Å²) in [5, 5.41) is 12.6. The fourth-order valence-corrected chi connectivity index (χ4v) is 3.13. The summed E-state index contributed by atoms with van der Waals surface area (Å²) < 4.78 is 19.8.